The number of aromatic amines is 1. The van der Waals surface area contributed by atoms with Crippen LogP contribution >= 0.6 is 0 Å². The van der Waals surface area contributed by atoms with E-state index in [9.17, 15) is 4.79 Å². The van der Waals surface area contributed by atoms with Crippen molar-refractivity contribution in [3.8, 4) is 22.8 Å². The number of fused-ring (bicyclic) bond motifs is 3. The van der Waals surface area contributed by atoms with Crippen LogP contribution in [0.15, 0.2) is 41.1 Å². The molecule has 4 aromatic rings. The Bertz CT molecular complexity index is 1330. The number of H-pyrrole nitrogens is 1. The van der Waals surface area contributed by atoms with Crippen LogP contribution in [0.5, 0.6) is 0 Å². The van der Waals surface area contributed by atoms with Crippen molar-refractivity contribution < 1.29 is 9.32 Å². The van der Waals surface area contributed by atoms with E-state index in [-0.39, 0.29) is 5.91 Å². The van der Waals surface area contributed by atoms with Crippen LogP contribution in [0, 0.1) is 0 Å². The first kappa shape index (κ1) is 20.0. The van der Waals surface area contributed by atoms with E-state index in [1.54, 1.807) is 13.1 Å². The van der Waals surface area contributed by atoms with Crippen molar-refractivity contribution in [3.05, 3.63) is 47.8 Å². The Kier molecular flexibility index (Phi) is 4.86. The van der Waals surface area contributed by atoms with Gasteiger partial charge in [-0.1, -0.05) is 5.16 Å². The second-order valence-electron chi connectivity index (χ2n) is 8.87. The number of carbonyl (C=O) groups excluding carboxylic acids is 1. The lowest BCUT2D eigenvalue weighted by Gasteiger charge is -2.34. The molecule has 8 heteroatoms. The van der Waals surface area contributed by atoms with E-state index in [2.05, 4.69) is 37.1 Å². The average molecular weight is 443 g/mol. The van der Waals surface area contributed by atoms with Crippen LogP contribution in [0.4, 0.5) is 5.82 Å². The van der Waals surface area contributed by atoms with E-state index in [4.69, 9.17) is 4.52 Å². The predicted octanol–water partition coefficient (Wildman–Crippen LogP) is 3.83. The van der Waals surface area contributed by atoms with Crippen molar-refractivity contribution in [3.63, 3.8) is 0 Å². The lowest BCUT2D eigenvalue weighted by Crippen LogP contribution is -2.48. The van der Waals surface area contributed by atoms with Crippen molar-refractivity contribution >= 4 is 22.6 Å². The molecule has 168 valence electrons. The summed E-state index contributed by atoms with van der Waals surface area (Å²) in [7, 11) is 0. The lowest BCUT2D eigenvalue weighted by molar-refractivity contribution is -0.129. The average Bonchev–Trinajstić information content (AvgIpc) is 3.49. The summed E-state index contributed by atoms with van der Waals surface area (Å²) in [6, 6.07) is 10.2. The van der Waals surface area contributed by atoms with Gasteiger partial charge in [0.05, 0.1) is 0 Å². The maximum Gasteiger partial charge on any atom is 0.258 e. The monoisotopic (exact) mass is 442 g/mol. The Morgan fingerprint density at radius 1 is 1.03 bits per heavy atom. The fraction of sp³-hybridized carbons (Fsp3) is 0.360. The molecule has 1 fully saturated rings. The Morgan fingerprint density at radius 3 is 2.73 bits per heavy atom. The number of amides is 1. The molecule has 0 atom stereocenters. The third-order valence-corrected chi connectivity index (χ3v) is 6.82. The highest BCUT2D eigenvalue weighted by atomic mass is 16.5. The number of nitrogens with one attached hydrogen (secondary N) is 1. The van der Waals surface area contributed by atoms with Gasteiger partial charge in [0.25, 0.3) is 5.89 Å². The summed E-state index contributed by atoms with van der Waals surface area (Å²) in [4.78, 5) is 28.4. The minimum atomic E-state index is 0.119. The van der Waals surface area contributed by atoms with E-state index in [1.165, 1.54) is 35.0 Å². The van der Waals surface area contributed by atoms with Gasteiger partial charge in [0.1, 0.15) is 5.82 Å². The van der Waals surface area contributed by atoms with Gasteiger partial charge >= 0.3 is 0 Å². The normalized spacial score (nSPS) is 16.3. The number of anilines is 1. The molecule has 3 aromatic heterocycles. The molecule has 0 bridgehead atoms. The first-order chi connectivity index (χ1) is 16.2. The molecule has 1 aliphatic heterocycles. The molecule has 1 amide bonds. The molecule has 0 unspecified atom stereocenters. The third kappa shape index (κ3) is 3.65. The molecule has 1 saturated heterocycles. The Hall–Kier alpha value is -3.68. The highest BCUT2D eigenvalue weighted by Gasteiger charge is 2.21. The molecule has 1 aromatic carbocycles. The molecule has 1 N–H and O–H groups in total. The second kappa shape index (κ2) is 8.03. The zero-order chi connectivity index (χ0) is 22.4. The minimum absolute atomic E-state index is 0.119. The zero-order valence-electron chi connectivity index (χ0n) is 18.7. The number of nitrogens with zero attached hydrogens (tertiary/aromatic N) is 5. The second-order valence-corrected chi connectivity index (χ2v) is 8.87. The van der Waals surface area contributed by atoms with Crippen LogP contribution in [-0.4, -0.2) is 57.1 Å². The van der Waals surface area contributed by atoms with Crippen LogP contribution in [0.25, 0.3) is 33.7 Å². The van der Waals surface area contributed by atoms with Gasteiger partial charge in [-0.25, -0.2) is 4.98 Å². The van der Waals surface area contributed by atoms with Crippen molar-refractivity contribution in [2.75, 3.05) is 31.1 Å². The Morgan fingerprint density at radius 2 is 1.88 bits per heavy atom. The number of benzene rings is 1. The van der Waals surface area contributed by atoms with Crippen molar-refractivity contribution in [1.82, 2.24) is 25.0 Å². The van der Waals surface area contributed by atoms with Crippen LogP contribution in [0.3, 0.4) is 0 Å². The van der Waals surface area contributed by atoms with E-state index >= 15 is 0 Å². The number of piperazine rings is 1. The topological polar surface area (TPSA) is 91.2 Å². The molecular weight excluding hydrogens is 416 g/mol. The number of rotatable bonds is 3. The van der Waals surface area contributed by atoms with Gasteiger partial charge in [0.15, 0.2) is 0 Å². The minimum Gasteiger partial charge on any atom is -0.358 e. The number of pyridine rings is 1. The molecule has 4 heterocycles. The number of hydrogen-bond acceptors (Lipinski definition) is 6. The van der Waals surface area contributed by atoms with Gasteiger partial charge in [0.2, 0.25) is 11.7 Å². The third-order valence-electron chi connectivity index (χ3n) is 6.82. The summed E-state index contributed by atoms with van der Waals surface area (Å²) in [5.74, 6) is 2.05. The van der Waals surface area contributed by atoms with Crippen molar-refractivity contribution in [1.29, 1.82) is 0 Å². The van der Waals surface area contributed by atoms with Gasteiger partial charge in [-0.2, -0.15) is 4.98 Å². The largest absolute Gasteiger partial charge is 0.358 e. The molecular formula is C25H26N6O2. The van der Waals surface area contributed by atoms with E-state index in [0.717, 1.165) is 42.9 Å². The predicted molar refractivity (Wildman–Crippen MR) is 126 cm³/mol. The summed E-state index contributed by atoms with van der Waals surface area (Å²) < 4.78 is 5.65. The van der Waals surface area contributed by atoms with Gasteiger partial charge in [-0.3, -0.25) is 4.79 Å². The maximum atomic E-state index is 11.6. The molecule has 0 saturated carbocycles. The number of carbonyl (C=O) groups is 1. The Balaban J connectivity index is 1.26. The van der Waals surface area contributed by atoms with Gasteiger partial charge in [-0.05, 0) is 61.6 Å². The van der Waals surface area contributed by atoms with Crippen LogP contribution in [0.2, 0.25) is 0 Å². The van der Waals surface area contributed by atoms with Crippen LogP contribution in [-0.2, 0) is 17.6 Å². The summed E-state index contributed by atoms with van der Waals surface area (Å²) in [5, 5.41) is 5.51. The molecule has 6 rings (SSSR count). The molecule has 0 radical (unpaired) electrons. The summed E-state index contributed by atoms with van der Waals surface area (Å²) in [6.07, 6.45) is 6.51. The highest BCUT2D eigenvalue weighted by Crippen LogP contribution is 2.32. The molecule has 8 nitrogen and oxygen atoms in total. The SMILES string of the molecule is CC(=O)N1CCN(c2cc(-c3noc(-c4ccc5[nH]c6c(c5c4)CCCC6)n3)ccn2)CC1. The first-order valence-electron chi connectivity index (χ1n) is 11.6. The molecule has 2 aliphatic rings. The zero-order valence-corrected chi connectivity index (χ0v) is 18.7. The number of hydrogen-bond donors (Lipinski definition) is 1. The standard InChI is InChI=1S/C25H26N6O2/c1-16(32)30-10-12-31(13-11-30)23-15-17(8-9-26-23)24-28-25(33-29-24)18-6-7-22-20(14-18)19-4-2-3-5-21(19)27-22/h6-9,14-15,27H,2-5,10-13H2,1H3. The van der Waals surface area contributed by atoms with Crippen molar-refractivity contribution in [2.24, 2.45) is 0 Å². The highest BCUT2D eigenvalue weighted by molar-refractivity contribution is 5.88. The maximum absolute atomic E-state index is 11.6. The summed E-state index contributed by atoms with van der Waals surface area (Å²) >= 11 is 0. The van der Waals surface area contributed by atoms with Gasteiger partial charge < -0.3 is 19.3 Å². The fourth-order valence-corrected chi connectivity index (χ4v) is 4.98. The smallest absolute Gasteiger partial charge is 0.258 e. The van der Waals surface area contributed by atoms with Crippen LogP contribution < -0.4 is 4.90 Å². The quantitative estimate of drug-likeness (QED) is 0.519. The Labute approximate surface area is 191 Å². The van der Waals surface area contributed by atoms with Gasteiger partial charge in [-0.15, -0.1) is 0 Å². The fourth-order valence-electron chi connectivity index (χ4n) is 4.98. The molecule has 33 heavy (non-hydrogen) atoms. The molecule has 0 spiro atoms. The van der Waals surface area contributed by atoms with E-state index < -0.39 is 0 Å². The lowest BCUT2D eigenvalue weighted by atomic mass is 9.95. The van der Waals surface area contributed by atoms with Crippen molar-refractivity contribution in [2.45, 2.75) is 32.6 Å². The summed E-state index contributed by atoms with van der Waals surface area (Å²) in [6.45, 7) is 4.55. The first-order valence-corrected chi connectivity index (χ1v) is 11.6. The van der Waals surface area contributed by atoms with E-state index in [0.29, 0.717) is 24.8 Å². The van der Waals surface area contributed by atoms with E-state index in [1.807, 2.05) is 23.1 Å². The summed E-state index contributed by atoms with van der Waals surface area (Å²) in [5.41, 5.74) is 5.77. The number of aromatic nitrogens is 4. The number of aryl methyl sites for hydroxylation is 2. The van der Waals surface area contributed by atoms with Crippen LogP contribution in [0.1, 0.15) is 31.0 Å². The van der Waals surface area contributed by atoms with Gasteiger partial charge in [0, 0.05) is 67.0 Å². The molecule has 1 aliphatic carbocycles.